The van der Waals surface area contributed by atoms with E-state index >= 15 is 0 Å². The fourth-order valence-electron chi connectivity index (χ4n) is 1.97. The Balaban J connectivity index is 0. The number of aliphatic carboxylic acids is 1. The van der Waals surface area contributed by atoms with Gasteiger partial charge in [0.15, 0.2) is 0 Å². The average Bonchev–Trinajstić information content (AvgIpc) is 2.71. The van der Waals surface area contributed by atoms with Crippen molar-refractivity contribution < 1.29 is 17.5 Å². The van der Waals surface area contributed by atoms with E-state index in [0.717, 1.165) is 16.5 Å². The Labute approximate surface area is 143 Å². The van der Waals surface area contributed by atoms with Crippen molar-refractivity contribution in [1.29, 1.82) is 0 Å². The second-order valence-electron chi connectivity index (χ2n) is 4.15. The predicted octanol–water partition coefficient (Wildman–Crippen LogP) is 1.14. The molecule has 2 rings (SSSR count). The van der Waals surface area contributed by atoms with Gasteiger partial charge in [0.1, 0.15) is 6.04 Å². The Bertz CT molecular complexity index is 604. The van der Waals surface area contributed by atoms with Crippen LogP contribution in [0.25, 0.3) is 10.9 Å². The van der Waals surface area contributed by atoms with Gasteiger partial charge in [-0.25, -0.2) is 4.79 Å². The van der Waals surface area contributed by atoms with Crippen LogP contribution >= 0.6 is 0 Å². The van der Waals surface area contributed by atoms with Crippen LogP contribution in [0.5, 0.6) is 0 Å². The number of aromatic nitrogens is 1. The molecule has 1 amide bonds. The summed E-state index contributed by atoms with van der Waals surface area (Å²) in [5, 5.41) is 12.5. The first-order valence-electron chi connectivity index (χ1n) is 5.63. The van der Waals surface area contributed by atoms with Crippen molar-refractivity contribution in [1.82, 2.24) is 10.3 Å². The van der Waals surface area contributed by atoms with E-state index in [1.54, 1.807) is 6.20 Å². The van der Waals surface area contributed by atoms with Crippen molar-refractivity contribution in [2.24, 2.45) is 0 Å². The predicted molar refractivity (Wildman–Crippen MR) is 75.2 cm³/mol. The molecule has 0 saturated carbocycles. The summed E-state index contributed by atoms with van der Waals surface area (Å²) in [5.41, 5.74) is 1.84. The van der Waals surface area contributed by atoms with Crippen LogP contribution in [0.1, 0.15) is 15.3 Å². The molecule has 0 fully saturated rings. The number of carboxylic acid groups (broad SMARTS) is 1. The minimum absolute atomic E-state index is 0. The molecule has 0 aliphatic carbocycles. The molecular formula is C13H16CaN2O3. The van der Waals surface area contributed by atoms with Gasteiger partial charge in [0.25, 0.3) is 0 Å². The van der Waals surface area contributed by atoms with E-state index in [2.05, 4.69) is 10.3 Å². The Hall–Kier alpha value is -1.04. The Kier molecular flexibility index (Phi) is 5.84. The summed E-state index contributed by atoms with van der Waals surface area (Å²) in [7, 11) is 0. The third kappa shape index (κ3) is 3.96. The second kappa shape index (κ2) is 6.93. The van der Waals surface area contributed by atoms with Crippen LogP contribution in [0.2, 0.25) is 0 Å². The van der Waals surface area contributed by atoms with Crippen LogP contribution < -0.4 is 5.32 Å². The van der Waals surface area contributed by atoms with Crippen LogP contribution in [-0.4, -0.2) is 65.7 Å². The molecule has 1 heterocycles. The molecule has 3 N–H and O–H groups in total. The first-order chi connectivity index (χ1) is 8.58. The van der Waals surface area contributed by atoms with Crippen molar-refractivity contribution in [3.05, 3.63) is 36.0 Å². The molecule has 1 aromatic carbocycles. The van der Waals surface area contributed by atoms with Gasteiger partial charge in [-0.05, 0) is 11.6 Å². The summed E-state index contributed by atoms with van der Waals surface area (Å²) in [4.78, 5) is 25.1. The smallest absolute Gasteiger partial charge is 1.00 e. The van der Waals surface area contributed by atoms with Crippen LogP contribution in [-0.2, 0) is 16.0 Å². The van der Waals surface area contributed by atoms with Crippen LogP contribution in [0, 0.1) is 0 Å². The first kappa shape index (κ1) is 16.0. The summed E-state index contributed by atoms with van der Waals surface area (Å²) < 4.78 is 0. The molecule has 6 heteroatoms. The van der Waals surface area contributed by atoms with Crippen molar-refractivity contribution in [2.75, 3.05) is 0 Å². The van der Waals surface area contributed by atoms with E-state index in [-0.39, 0.29) is 52.9 Å². The molecule has 0 unspecified atom stereocenters. The van der Waals surface area contributed by atoms with Gasteiger partial charge < -0.3 is 18.3 Å². The molecule has 19 heavy (non-hydrogen) atoms. The summed E-state index contributed by atoms with van der Waals surface area (Å²) in [6, 6.07) is 6.75. The Morgan fingerprint density at radius 3 is 2.74 bits per heavy atom. The van der Waals surface area contributed by atoms with E-state index in [1.165, 1.54) is 6.92 Å². The fraction of sp³-hybridized carbons (Fsp3) is 0.231. The number of carbonyl (C=O) groups is 2. The maximum atomic E-state index is 11.1. The quantitative estimate of drug-likeness (QED) is 0.738. The van der Waals surface area contributed by atoms with Crippen molar-refractivity contribution in [3.8, 4) is 0 Å². The van der Waals surface area contributed by atoms with Crippen LogP contribution in [0.3, 0.4) is 0 Å². The van der Waals surface area contributed by atoms with Crippen molar-refractivity contribution in [2.45, 2.75) is 19.4 Å². The number of carboxylic acids is 1. The number of hydrogen-bond donors (Lipinski definition) is 3. The van der Waals surface area contributed by atoms with Crippen LogP contribution in [0.4, 0.5) is 0 Å². The van der Waals surface area contributed by atoms with E-state index < -0.39 is 12.0 Å². The monoisotopic (exact) mass is 288 g/mol. The molecular weight excluding hydrogens is 272 g/mol. The van der Waals surface area contributed by atoms with Gasteiger partial charge >= 0.3 is 43.7 Å². The zero-order chi connectivity index (χ0) is 13.1. The number of amides is 1. The molecule has 98 valence electrons. The third-order valence-electron chi connectivity index (χ3n) is 2.77. The molecule has 0 bridgehead atoms. The molecule has 0 aliphatic rings. The largest absolute Gasteiger partial charge is 2.00 e. The average molecular weight is 288 g/mol. The van der Waals surface area contributed by atoms with Gasteiger partial charge in [-0.15, -0.1) is 0 Å². The fourth-order valence-corrected chi connectivity index (χ4v) is 1.97. The second-order valence-corrected chi connectivity index (χ2v) is 4.15. The minimum Gasteiger partial charge on any atom is -1.00 e. The molecule has 1 aromatic heterocycles. The number of nitrogens with one attached hydrogen (secondary N) is 2. The number of fused-ring (bicyclic) bond motifs is 1. The number of hydrogen-bond acceptors (Lipinski definition) is 2. The number of benzene rings is 1. The standard InChI is InChI=1S/C13H14N2O3.Ca.2H/c1-8(16)15-12(13(17)18)6-9-7-14-11-5-3-2-4-10(9)11;;;/h2-5,7,12,14H,6H2,1H3,(H,15,16)(H,17,18);;;/q;+2;2*-1/t12-;;;/m0.../s1. The van der Waals surface area contributed by atoms with E-state index in [0.29, 0.717) is 0 Å². The number of rotatable bonds is 4. The maximum Gasteiger partial charge on any atom is 2.00 e. The van der Waals surface area contributed by atoms with E-state index in [9.17, 15) is 9.59 Å². The number of H-pyrrole nitrogens is 1. The first-order valence-corrected chi connectivity index (χ1v) is 5.63. The molecule has 5 nitrogen and oxygen atoms in total. The SMILES string of the molecule is CC(=O)N[C@@H](Cc1c[nH]c2ccccc12)C(=O)O.[Ca+2].[H-].[H-]. The minimum atomic E-state index is -1.03. The summed E-state index contributed by atoms with van der Waals surface area (Å²) in [5.74, 6) is -1.38. The van der Waals surface area contributed by atoms with E-state index in [4.69, 9.17) is 5.11 Å². The van der Waals surface area contributed by atoms with Gasteiger partial charge in [-0.2, -0.15) is 0 Å². The third-order valence-corrected chi connectivity index (χ3v) is 2.77. The van der Waals surface area contributed by atoms with E-state index in [1.807, 2.05) is 24.3 Å². The number of carbonyl (C=O) groups excluding carboxylic acids is 1. The molecule has 0 radical (unpaired) electrons. The van der Waals surface area contributed by atoms with Gasteiger partial charge in [-0.3, -0.25) is 4.79 Å². The normalized spacial score (nSPS) is 11.6. The summed E-state index contributed by atoms with van der Waals surface area (Å²) in [6.45, 7) is 1.31. The summed E-state index contributed by atoms with van der Waals surface area (Å²) in [6.07, 6.45) is 2.04. The van der Waals surface area contributed by atoms with Crippen LogP contribution in [0.15, 0.2) is 30.5 Å². The number of aromatic amines is 1. The zero-order valence-electron chi connectivity index (χ0n) is 12.6. The zero-order valence-corrected chi connectivity index (χ0v) is 12.9. The Morgan fingerprint density at radius 2 is 2.11 bits per heavy atom. The van der Waals surface area contributed by atoms with Crippen molar-refractivity contribution in [3.63, 3.8) is 0 Å². The van der Waals surface area contributed by atoms with Crippen molar-refractivity contribution >= 4 is 60.5 Å². The van der Waals surface area contributed by atoms with Gasteiger partial charge in [0, 0.05) is 30.4 Å². The topological polar surface area (TPSA) is 82.2 Å². The van der Waals surface area contributed by atoms with Gasteiger partial charge in [0.05, 0.1) is 0 Å². The maximum absolute atomic E-state index is 11.1. The molecule has 1 atom stereocenters. The van der Waals surface area contributed by atoms with Gasteiger partial charge in [0.2, 0.25) is 5.91 Å². The summed E-state index contributed by atoms with van der Waals surface area (Å²) >= 11 is 0. The number of para-hydroxylation sites is 1. The Morgan fingerprint density at radius 1 is 1.42 bits per heavy atom. The van der Waals surface area contributed by atoms with Gasteiger partial charge in [-0.1, -0.05) is 18.2 Å². The molecule has 0 saturated heterocycles. The molecule has 0 spiro atoms. The molecule has 0 aliphatic heterocycles. The molecule has 2 aromatic rings.